The third-order valence-corrected chi connectivity index (χ3v) is 4.60. The molecule has 0 saturated heterocycles. The van der Waals surface area contributed by atoms with Gasteiger partial charge in [-0.05, 0) is 36.2 Å². The maximum atomic E-state index is 5.98. The minimum atomic E-state index is 0.0480. The molecule has 2 heterocycles. The Morgan fingerprint density at radius 3 is 2.69 bits per heavy atom. The Bertz CT molecular complexity index is 1020. The zero-order chi connectivity index (χ0) is 17.9. The summed E-state index contributed by atoms with van der Waals surface area (Å²) >= 11 is 0. The second kappa shape index (κ2) is 6.98. The van der Waals surface area contributed by atoms with Crippen LogP contribution in [0.2, 0.25) is 0 Å². The minimum absolute atomic E-state index is 0.0480. The van der Waals surface area contributed by atoms with Gasteiger partial charge in [0, 0.05) is 29.9 Å². The largest absolute Gasteiger partial charge is 0.376 e. The van der Waals surface area contributed by atoms with Crippen molar-refractivity contribution in [3.05, 3.63) is 78.2 Å². The molecule has 0 bridgehead atoms. The van der Waals surface area contributed by atoms with E-state index in [9.17, 15) is 0 Å². The van der Waals surface area contributed by atoms with E-state index >= 15 is 0 Å². The predicted molar refractivity (Wildman–Crippen MR) is 106 cm³/mol. The van der Waals surface area contributed by atoms with Crippen LogP contribution in [0.1, 0.15) is 17.3 Å². The van der Waals surface area contributed by atoms with Crippen molar-refractivity contribution in [3.63, 3.8) is 0 Å². The van der Waals surface area contributed by atoms with Crippen molar-refractivity contribution >= 4 is 16.6 Å². The highest BCUT2D eigenvalue weighted by Crippen LogP contribution is 2.27. The summed E-state index contributed by atoms with van der Waals surface area (Å²) in [6, 6.07) is 18.7. The van der Waals surface area contributed by atoms with Gasteiger partial charge < -0.3 is 11.1 Å². The molecule has 0 radical (unpaired) electrons. The van der Waals surface area contributed by atoms with Crippen LogP contribution in [0.15, 0.2) is 67.0 Å². The molecule has 0 aliphatic rings. The number of H-pyrrole nitrogens is 1. The molecule has 1 atom stereocenters. The number of hydrogen-bond acceptors (Lipinski definition) is 4. The summed E-state index contributed by atoms with van der Waals surface area (Å²) in [6.45, 7) is 2.51. The number of rotatable bonds is 5. The van der Waals surface area contributed by atoms with Crippen LogP contribution in [0.4, 0.5) is 5.69 Å². The Hall–Kier alpha value is -3.18. The average molecular weight is 343 g/mol. The SMILES string of the molecule is Cc1n[nH]c2ccc(-c3cncc(N[C@@H](CN)c4ccccc4)c3)cc12. The number of nitrogens with zero attached hydrogens (tertiary/aromatic N) is 2. The lowest BCUT2D eigenvalue weighted by molar-refractivity contribution is 0.789. The van der Waals surface area contributed by atoms with E-state index in [1.165, 1.54) is 0 Å². The summed E-state index contributed by atoms with van der Waals surface area (Å²) in [5.74, 6) is 0. The topological polar surface area (TPSA) is 79.6 Å². The Balaban J connectivity index is 1.64. The Morgan fingerprint density at radius 1 is 1.04 bits per heavy atom. The number of fused-ring (bicyclic) bond motifs is 1. The molecule has 4 aromatic rings. The molecule has 0 aliphatic heterocycles. The molecule has 4 rings (SSSR count). The van der Waals surface area contributed by atoms with E-state index < -0.39 is 0 Å². The molecule has 0 amide bonds. The minimum Gasteiger partial charge on any atom is -0.376 e. The normalized spacial score (nSPS) is 12.2. The van der Waals surface area contributed by atoms with Crippen molar-refractivity contribution in [2.75, 3.05) is 11.9 Å². The van der Waals surface area contributed by atoms with Crippen LogP contribution in [0.3, 0.4) is 0 Å². The molecule has 5 heteroatoms. The number of benzene rings is 2. The Labute approximate surface area is 152 Å². The maximum Gasteiger partial charge on any atom is 0.0670 e. The lowest BCUT2D eigenvalue weighted by atomic mass is 10.0. The molecule has 0 unspecified atom stereocenters. The fourth-order valence-corrected chi connectivity index (χ4v) is 3.17. The number of nitrogens with one attached hydrogen (secondary N) is 2. The Morgan fingerprint density at radius 2 is 1.88 bits per heavy atom. The van der Waals surface area contributed by atoms with Crippen molar-refractivity contribution in [1.82, 2.24) is 15.2 Å². The first-order valence-corrected chi connectivity index (χ1v) is 8.66. The van der Waals surface area contributed by atoms with E-state index in [4.69, 9.17) is 5.73 Å². The number of pyridine rings is 1. The molecule has 0 saturated carbocycles. The van der Waals surface area contributed by atoms with Crippen molar-refractivity contribution in [2.45, 2.75) is 13.0 Å². The molecule has 2 aromatic heterocycles. The van der Waals surface area contributed by atoms with Crippen molar-refractivity contribution < 1.29 is 0 Å². The number of aromatic nitrogens is 3. The van der Waals surface area contributed by atoms with Crippen LogP contribution in [-0.2, 0) is 0 Å². The highest BCUT2D eigenvalue weighted by molar-refractivity contribution is 5.86. The zero-order valence-corrected chi connectivity index (χ0v) is 14.6. The molecule has 26 heavy (non-hydrogen) atoms. The first-order chi connectivity index (χ1) is 12.7. The van der Waals surface area contributed by atoms with Crippen LogP contribution < -0.4 is 11.1 Å². The molecular formula is C21H21N5. The van der Waals surface area contributed by atoms with E-state index in [-0.39, 0.29) is 6.04 Å². The van der Waals surface area contributed by atoms with Crippen LogP contribution in [0, 0.1) is 6.92 Å². The number of aromatic amines is 1. The van der Waals surface area contributed by atoms with Gasteiger partial charge in [-0.1, -0.05) is 36.4 Å². The smallest absolute Gasteiger partial charge is 0.0670 e. The second-order valence-electron chi connectivity index (χ2n) is 6.37. The first kappa shape index (κ1) is 16.3. The monoisotopic (exact) mass is 343 g/mol. The van der Waals surface area contributed by atoms with Crippen molar-refractivity contribution in [3.8, 4) is 11.1 Å². The third kappa shape index (κ3) is 3.17. The number of hydrogen-bond donors (Lipinski definition) is 3. The van der Waals surface area contributed by atoms with Gasteiger partial charge in [-0.15, -0.1) is 0 Å². The summed E-state index contributed by atoms with van der Waals surface area (Å²) in [7, 11) is 0. The van der Waals surface area contributed by atoms with Crippen LogP contribution in [0.25, 0.3) is 22.0 Å². The fourth-order valence-electron chi connectivity index (χ4n) is 3.17. The zero-order valence-electron chi connectivity index (χ0n) is 14.6. The molecule has 4 N–H and O–H groups in total. The van der Waals surface area contributed by atoms with Gasteiger partial charge in [0.25, 0.3) is 0 Å². The van der Waals surface area contributed by atoms with Crippen molar-refractivity contribution in [1.29, 1.82) is 0 Å². The third-order valence-electron chi connectivity index (χ3n) is 4.60. The van der Waals surface area contributed by atoms with Gasteiger partial charge in [-0.25, -0.2) is 0 Å². The molecule has 130 valence electrons. The maximum absolute atomic E-state index is 5.98. The van der Waals surface area contributed by atoms with Gasteiger partial charge in [-0.3, -0.25) is 10.1 Å². The standard InChI is InChI=1S/C21H21N5/c1-14-19-10-16(7-8-20(19)26-25-14)17-9-18(13-23-12-17)24-21(11-22)15-5-3-2-4-6-15/h2-10,12-13,21,24H,11,22H2,1H3,(H,25,26)/t21-/m0/s1. The summed E-state index contributed by atoms with van der Waals surface area (Å²) in [6.07, 6.45) is 3.71. The summed E-state index contributed by atoms with van der Waals surface area (Å²) in [4.78, 5) is 4.41. The molecule has 2 aromatic carbocycles. The van der Waals surface area contributed by atoms with E-state index in [0.717, 1.165) is 39.0 Å². The molecule has 0 fully saturated rings. The van der Waals surface area contributed by atoms with E-state index in [1.54, 1.807) is 0 Å². The molecular weight excluding hydrogens is 322 g/mol. The first-order valence-electron chi connectivity index (χ1n) is 8.66. The van der Waals surface area contributed by atoms with Crippen LogP contribution >= 0.6 is 0 Å². The van der Waals surface area contributed by atoms with Gasteiger partial charge >= 0.3 is 0 Å². The second-order valence-corrected chi connectivity index (χ2v) is 6.37. The molecule has 0 spiro atoms. The van der Waals surface area contributed by atoms with Crippen molar-refractivity contribution in [2.24, 2.45) is 5.73 Å². The van der Waals surface area contributed by atoms with Crippen LogP contribution in [-0.4, -0.2) is 21.7 Å². The van der Waals surface area contributed by atoms with Gasteiger partial charge in [0.15, 0.2) is 0 Å². The lowest BCUT2D eigenvalue weighted by Crippen LogP contribution is -2.20. The fraction of sp³-hybridized carbons (Fsp3) is 0.143. The summed E-state index contributed by atoms with van der Waals surface area (Å²) in [5.41, 5.74) is 12.3. The Kier molecular flexibility index (Phi) is 4.37. The molecule has 0 aliphatic carbocycles. The van der Waals surface area contributed by atoms with Gasteiger partial charge in [0.1, 0.15) is 0 Å². The van der Waals surface area contributed by atoms with Gasteiger partial charge in [0.2, 0.25) is 0 Å². The van der Waals surface area contributed by atoms with Crippen LogP contribution in [0.5, 0.6) is 0 Å². The number of aryl methyl sites for hydroxylation is 1. The number of anilines is 1. The van der Waals surface area contributed by atoms with E-state index in [0.29, 0.717) is 6.54 Å². The highest BCUT2D eigenvalue weighted by Gasteiger charge is 2.10. The van der Waals surface area contributed by atoms with Gasteiger partial charge in [0.05, 0.1) is 22.9 Å². The van der Waals surface area contributed by atoms with Gasteiger partial charge in [-0.2, -0.15) is 5.10 Å². The average Bonchev–Trinajstić information content (AvgIpc) is 3.07. The highest BCUT2D eigenvalue weighted by atomic mass is 15.1. The number of nitrogens with two attached hydrogens (primary N) is 1. The lowest BCUT2D eigenvalue weighted by Gasteiger charge is -2.19. The van der Waals surface area contributed by atoms with E-state index in [1.807, 2.05) is 37.5 Å². The quantitative estimate of drug-likeness (QED) is 0.511. The molecule has 5 nitrogen and oxygen atoms in total. The predicted octanol–water partition coefficient (Wildman–Crippen LogP) is 4.05. The summed E-state index contributed by atoms with van der Waals surface area (Å²) in [5, 5.41) is 11.9. The summed E-state index contributed by atoms with van der Waals surface area (Å²) < 4.78 is 0. The van der Waals surface area contributed by atoms with E-state index in [2.05, 4.69) is 56.9 Å².